The first kappa shape index (κ1) is 18.9. The molecule has 0 bridgehead atoms. The Morgan fingerprint density at radius 1 is 1.27 bits per heavy atom. The van der Waals surface area contributed by atoms with Crippen molar-refractivity contribution in [1.29, 1.82) is 5.26 Å². The molecule has 0 atom stereocenters. The molecule has 2 aromatic rings. The number of hydrogen-bond acceptors (Lipinski definition) is 6. The molecule has 0 saturated heterocycles. The van der Waals surface area contributed by atoms with E-state index < -0.39 is 18.4 Å². The van der Waals surface area contributed by atoms with Crippen molar-refractivity contribution in [3.8, 4) is 6.07 Å². The van der Waals surface area contributed by atoms with Gasteiger partial charge >= 0.3 is 5.97 Å². The number of aryl methyl sites for hydroxylation is 1. The first-order valence-corrected chi connectivity index (χ1v) is 7.99. The van der Waals surface area contributed by atoms with Gasteiger partial charge in [0.1, 0.15) is 17.2 Å². The van der Waals surface area contributed by atoms with Gasteiger partial charge < -0.3 is 10.5 Å². The number of nitrogens with two attached hydrogens (primary N) is 1. The average molecular weight is 352 g/mol. The summed E-state index contributed by atoms with van der Waals surface area (Å²) in [5.74, 6) is -1.28. The van der Waals surface area contributed by atoms with Crippen LogP contribution in [0.25, 0.3) is 0 Å². The van der Waals surface area contributed by atoms with Gasteiger partial charge in [-0.3, -0.25) is 9.48 Å². The lowest BCUT2D eigenvalue weighted by Gasteiger charge is -2.06. The number of ether oxygens (including phenoxy) is 1. The number of allylic oxidation sites excluding steroid dienone is 1. The van der Waals surface area contributed by atoms with Crippen LogP contribution in [0.2, 0.25) is 0 Å². The highest BCUT2D eigenvalue weighted by Crippen LogP contribution is 2.16. The molecule has 0 aliphatic carbocycles. The van der Waals surface area contributed by atoms with E-state index in [0.717, 1.165) is 5.56 Å². The molecule has 1 aromatic heterocycles. The molecule has 0 aliphatic rings. The number of benzene rings is 1. The minimum Gasteiger partial charge on any atom is -0.454 e. The zero-order chi connectivity index (χ0) is 19.3. The van der Waals surface area contributed by atoms with Crippen LogP contribution in [0.1, 0.15) is 34.2 Å². The van der Waals surface area contributed by atoms with Crippen LogP contribution in [0, 0.1) is 25.2 Å². The number of nitriles is 1. The maximum absolute atomic E-state index is 12.4. The summed E-state index contributed by atoms with van der Waals surface area (Å²) in [5, 5.41) is 13.3. The van der Waals surface area contributed by atoms with Crippen molar-refractivity contribution in [2.45, 2.75) is 27.3 Å². The van der Waals surface area contributed by atoms with Crippen LogP contribution in [0.15, 0.2) is 41.6 Å². The monoisotopic (exact) mass is 352 g/mol. The number of esters is 1. The average Bonchev–Trinajstić information content (AvgIpc) is 2.87. The van der Waals surface area contributed by atoms with Gasteiger partial charge in [0, 0.05) is 5.70 Å². The quantitative estimate of drug-likeness (QED) is 0.484. The first-order chi connectivity index (χ1) is 12.3. The Balaban J connectivity index is 2.14. The standard InChI is InChI=1S/C19H20N4O3/c1-12(21)16(9-20)17(24)11-26-19(25)18-13(2)22-23(14(18)3)10-15-7-5-4-6-8-15/h4-8H,10-11,21H2,1-3H3. The molecule has 134 valence electrons. The molecule has 2 rings (SSSR count). The van der Waals surface area contributed by atoms with Crippen LogP contribution in [-0.4, -0.2) is 28.1 Å². The SMILES string of the molecule is CC(N)=C(C#N)C(=O)COC(=O)c1c(C)nn(Cc2ccccc2)c1C. The van der Waals surface area contributed by atoms with E-state index in [1.807, 2.05) is 30.3 Å². The molecule has 0 aliphatic heterocycles. The van der Waals surface area contributed by atoms with E-state index in [4.69, 9.17) is 15.7 Å². The van der Waals surface area contributed by atoms with E-state index in [2.05, 4.69) is 5.10 Å². The van der Waals surface area contributed by atoms with Gasteiger partial charge in [-0.1, -0.05) is 30.3 Å². The molecule has 0 unspecified atom stereocenters. The van der Waals surface area contributed by atoms with Gasteiger partial charge in [-0.15, -0.1) is 0 Å². The van der Waals surface area contributed by atoms with Gasteiger partial charge in [-0.05, 0) is 26.3 Å². The maximum atomic E-state index is 12.4. The molecule has 0 saturated carbocycles. The van der Waals surface area contributed by atoms with Gasteiger partial charge in [-0.25, -0.2) is 4.79 Å². The van der Waals surface area contributed by atoms with Crippen LogP contribution in [0.5, 0.6) is 0 Å². The van der Waals surface area contributed by atoms with Crippen LogP contribution in [0.3, 0.4) is 0 Å². The number of ketones is 1. The molecular formula is C19H20N4O3. The second kappa shape index (κ2) is 8.12. The summed E-state index contributed by atoms with van der Waals surface area (Å²) in [6, 6.07) is 11.4. The highest BCUT2D eigenvalue weighted by molar-refractivity contribution is 6.02. The molecule has 0 fully saturated rings. The lowest BCUT2D eigenvalue weighted by Crippen LogP contribution is -2.18. The molecular weight excluding hydrogens is 332 g/mol. The van der Waals surface area contributed by atoms with Crippen LogP contribution < -0.4 is 5.73 Å². The van der Waals surface area contributed by atoms with Gasteiger partial charge in [-0.2, -0.15) is 10.4 Å². The minimum atomic E-state index is -0.653. The Morgan fingerprint density at radius 2 is 1.92 bits per heavy atom. The summed E-state index contributed by atoms with van der Waals surface area (Å²) < 4.78 is 6.78. The first-order valence-electron chi connectivity index (χ1n) is 7.99. The largest absolute Gasteiger partial charge is 0.454 e. The third-order valence-electron chi connectivity index (χ3n) is 3.88. The lowest BCUT2D eigenvalue weighted by atomic mass is 10.1. The smallest absolute Gasteiger partial charge is 0.342 e. The summed E-state index contributed by atoms with van der Waals surface area (Å²) in [7, 11) is 0. The van der Waals surface area contributed by atoms with E-state index in [-0.39, 0.29) is 11.3 Å². The van der Waals surface area contributed by atoms with Crippen molar-refractivity contribution in [3.05, 3.63) is 64.1 Å². The number of nitrogens with zero attached hydrogens (tertiary/aromatic N) is 3. The van der Waals surface area contributed by atoms with Crippen molar-refractivity contribution >= 4 is 11.8 Å². The summed E-state index contributed by atoms with van der Waals surface area (Å²) in [6.07, 6.45) is 0. The summed E-state index contributed by atoms with van der Waals surface area (Å²) in [4.78, 5) is 24.3. The van der Waals surface area contributed by atoms with E-state index in [1.165, 1.54) is 6.92 Å². The number of carbonyl (C=O) groups excluding carboxylic acids is 2. The Kier molecular flexibility index (Phi) is 5.91. The highest BCUT2D eigenvalue weighted by atomic mass is 16.5. The third kappa shape index (κ3) is 4.16. The Bertz CT molecular complexity index is 901. The van der Waals surface area contributed by atoms with Gasteiger partial charge in [0.2, 0.25) is 5.78 Å². The van der Waals surface area contributed by atoms with Gasteiger partial charge in [0.05, 0.1) is 17.9 Å². The zero-order valence-corrected chi connectivity index (χ0v) is 14.9. The third-order valence-corrected chi connectivity index (χ3v) is 3.88. The molecule has 0 spiro atoms. The van der Waals surface area contributed by atoms with Crippen molar-refractivity contribution in [3.63, 3.8) is 0 Å². The van der Waals surface area contributed by atoms with Gasteiger partial charge in [0.25, 0.3) is 0 Å². The second-order valence-electron chi connectivity index (χ2n) is 5.86. The van der Waals surface area contributed by atoms with E-state index >= 15 is 0 Å². The van der Waals surface area contributed by atoms with Crippen LogP contribution in [0.4, 0.5) is 0 Å². The molecule has 7 nitrogen and oxygen atoms in total. The summed E-state index contributed by atoms with van der Waals surface area (Å²) in [6.45, 7) is 4.90. The van der Waals surface area contributed by atoms with E-state index in [0.29, 0.717) is 23.5 Å². The predicted octanol–water partition coefficient (Wildman–Crippen LogP) is 2.03. The molecule has 0 amide bonds. The zero-order valence-electron chi connectivity index (χ0n) is 14.9. The van der Waals surface area contributed by atoms with Crippen molar-refractivity contribution in [1.82, 2.24) is 9.78 Å². The summed E-state index contributed by atoms with van der Waals surface area (Å²) in [5.41, 5.74) is 7.90. The molecule has 26 heavy (non-hydrogen) atoms. The normalized spacial score (nSPS) is 11.5. The van der Waals surface area contributed by atoms with Crippen molar-refractivity contribution in [2.24, 2.45) is 5.73 Å². The van der Waals surface area contributed by atoms with Crippen molar-refractivity contribution < 1.29 is 14.3 Å². The summed E-state index contributed by atoms with van der Waals surface area (Å²) >= 11 is 0. The minimum absolute atomic E-state index is 0.0941. The number of rotatable bonds is 6. The highest BCUT2D eigenvalue weighted by Gasteiger charge is 2.22. The molecule has 0 radical (unpaired) electrons. The van der Waals surface area contributed by atoms with Crippen molar-refractivity contribution in [2.75, 3.05) is 6.61 Å². The van der Waals surface area contributed by atoms with Gasteiger partial charge in [0.15, 0.2) is 6.61 Å². The molecule has 1 aromatic carbocycles. The fourth-order valence-electron chi connectivity index (χ4n) is 2.55. The van der Waals surface area contributed by atoms with E-state index in [9.17, 15) is 9.59 Å². The topological polar surface area (TPSA) is 111 Å². The maximum Gasteiger partial charge on any atom is 0.342 e. The molecule has 1 heterocycles. The second-order valence-corrected chi connectivity index (χ2v) is 5.86. The fourth-order valence-corrected chi connectivity index (χ4v) is 2.55. The predicted molar refractivity (Wildman–Crippen MR) is 95.0 cm³/mol. The van der Waals surface area contributed by atoms with Crippen LogP contribution >= 0.6 is 0 Å². The lowest BCUT2D eigenvalue weighted by molar-refractivity contribution is -0.118. The Labute approximate surface area is 151 Å². The number of carbonyl (C=O) groups is 2. The number of Topliss-reactive ketones (excluding diaryl/α,β-unsaturated/α-hetero) is 1. The fraction of sp³-hybridized carbons (Fsp3) is 0.263. The number of hydrogen-bond donors (Lipinski definition) is 1. The number of aromatic nitrogens is 2. The Morgan fingerprint density at radius 3 is 2.50 bits per heavy atom. The van der Waals surface area contributed by atoms with E-state index in [1.54, 1.807) is 24.6 Å². The molecule has 2 N–H and O–H groups in total. The van der Waals surface area contributed by atoms with Crippen LogP contribution in [-0.2, 0) is 16.1 Å². The Hall–Kier alpha value is -3.40. The molecule has 7 heteroatoms.